The van der Waals surface area contributed by atoms with Gasteiger partial charge in [0.15, 0.2) is 0 Å². The summed E-state index contributed by atoms with van der Waals surface area (Å²) in [5.74, 6) is -1.01. The van der Waals surface area contributed by atoms with Crippen molar-refractivity contribution in [1.29, 1.82) is 0 Å². The number of hydrogen-bond acceptors (Lipinski definition) is 3. The molecule has 1 heterocycles. The molecular weight excluding hydrogens is 248 g/mol. The summed E-state index contributed by atoms with van der Waals surface area (Å²) in [6.45, 7) is 1.49. The van der Waals surface area contributed by atoms with Crippen molar-refractivity contribution < 1.29 is 9.90 Å². The lowest BCUT2D eigenvalue weighted by Gasteiger charge is -2.18. The van der Waals surface area contributed by atoms with Gasteiger partial charge in [-0.2, -0.15) is 0 Å². The number of rotatable bonds is 3. The number of nitrogens with zero attached hydrogens (tertiary/aromatic N) is 1. The largest absolute Gasteiger partial charge is 0.480 e. The molecule has 1 unspecified atom stereocenters. The fraction of sp³-hybridized carbons (Fsp3) is 0.333. The van der Waals surface area contributed by atoms with Crippen molar-refractivity contribution in [2.24, 2.45) is 5.73 Å². The van der Waals surface area contributed by atoms with Crippen molar-refractivity contribution >= 4 is 21.9 Å². The Hall–Kier alpha value is -0.940. The second-order valence-corrected chi connectivity index (χ2v) is 4.20. The predicted molar refractivity (Wildman–Crippen MR) is 55.9 cm³/mol. The molecule has 4 nitrogen and oxygen atoms in total. The summed E-state index contributed by atoms with van der Waals surface area (Å²) >= 11 is 3.21. The number of pyridine rings is 1. The number of carbonyl (C=O) groups is 1. The van der Waals surface area contributed by atoms with Crippen LogP contribution in [0.5, 0.6) is 0 Å². The van der Waals surface area contributed by atoms with Crippen LogP contribution in [0.25, 0.3) is 0 Å². The van der Waals surface area contributed by atoms with Crippen LogP contribution >= 0.6 is 15.9 Å². The zero-order valence-corrected chi connectivity index (χ0v) is 9.28. The monoisotopic (exact) mass is 258 g/mol. The van der Waals surface area contributed by atoms with Gasteiger partial charge in [-0.05, 0) is 40.5 Å². The van der Waals surface area contributed by atoms with Crippen LogP contribution in [0.4, 0.5) is 0 Å². The van der Waals surface area contributed by atoms with Crippen LogP contribution in [0.2, 0.25) is 0 Å². The van der Waals surface area contributed by atoms with Crippen molar-refractivity contribution in [3.05, 3.63) is 28.5 Å². The van der Waals surface area contributed by atoms with E-state index in [4.69, 9.17) is 10.8 Å². The van der Waals surface area contributed by atoms with Crippen LogP contribution < -0.4 is 5.73 Å². The van der Waals surface area contributed by atoms with Crippen molar-refractivity contribution in [1.82, 2.24) is 4.98 Å². The quantitative estimate of drug-likeness (QED) is 0.799. The Kier molecular flexibility index (Phi) is 3.23. The van der Waals surface area contributed by atoms with E-state index in [1.807, 2.05) is 0 Å². The smallest absolute Gasteiger partial charge is 0.323 e. The van der Waals surface area contributed by atoms with Crippen LogP contribution in [-0.2, 0) is 11.2 Å². The average molecular weight is 259 g/mol. The first kappa shape index (κ1) is 11.1. The van der Waals surface area contributed by atoms with E-state index in [1.54, 1.807) is 18.3 Å². The minimum Gasteiger partial charge on any atom is -0.480 e. The number of hydrogen-bond donors (Lipinski definition) is 2. The number of aromatic nitrogens is 1. The van der Waals surface area contributed by atoms with E-state index in [0.29, 0.717) is 4.60 Å². The first-order chi connectivity index (χ1) is 6.42. The molecule has 0 aromatic carbocycles. The molecule has 0 saturated carbocycles. The van der Waals surface area contributed by atoms with Gasteiger partial charge in [-0.15, -0.1) is 0 Å². The SMILES string of the molecule is CC(N)(Cc1ccnc(Br)c1)C(=O)O. The normalized spacial score (nSPS) is 14.8. The molecule has 0 amide bonds. The topological polar surface area (TPSA) is 76.2 Å². The van der Waals surface area contributed by atoms with E-state index >= 15 is 0 Å². The molecule has 0 aliphatic carbocycles. The van der Waals surface area contributed by atoms with Gasteiger partial charge in [0.1, 0.15) is 10.1 Å². The maximum Gasteiger partial charge on any atom is 0.323 e. The summed E-state index contributed by atoms with van der Waals surface area (Å²) in [7, 11) is 0. The first-order valence-corrected chi connectivity index (χ1v) is 4.84. The number of carboxylic acid groups (broad SMARTS) is 1. The minimum absolute atomic E-state index is 0.281. The molecule has 0 saturated heterocycles. The Balaban J connectivity index is 2.83. The Labute approximate surface area is 90.3 Å². The maximum absolute atomic E-state index is 10.8. The molecular formula is C9H11BrN2O2. The van der Waals surface area contributed by atoms with E-state index in [1.165, 1.54) is 6.92 Å². The standard InChI is InChI=1S/C9H11BrN2O2/c1-9(11,8(13)14)5-6-2-3-12-7(10)4-6/h2-4H,5,11H2,1H3,(H,13,14). The molecule has 14 heavy (non-hydrogen) atoms. The van der Waals surface area contributed by atoms with Gasteiger partial charge < -0.3 is 10.8 Å². The zero-order valence-electron chi connectivity index (χ0n) is 7.70. The summed E-state index contributed by atoms with van der Waals surface area (Å²) in [4.78, 5) is 14.7. The van der Waals surface area contributed by atoms with E-state index in [0.717, 1.165) is 5.56 Å². The van der Waals surface area contributed by atoms with Crippen molar-refractivity contribution in [3.63, 3.8) is 0 Å². The Bertz CT molecular complexity index is 352. The highest BCUT2D eigenvalue weighted by Gasteiger charge is 2.27. The third-order valence-corrected chi connectivity index (χ3v) is 2.28. The average Bonchev–Trinajstić information content (AvgIpc) is 2.02. The van der Waals surface area contributed by atoms with Gasteiger partial charge in [0.25, 0.3) is 0 Å². The summed E-state index contributed by atoms with van der Waals surface area (Å²) in [5, 5.41) is 8.82. The number of aliphatic carboxylic acids is 1. The van der Waals surface area contributed by atoms with E-state index in [2.05, 4.69) is 20.9 Å². The van der Waals surface area contributed by atoms with Gasteiger partial charge in [-0.25, -0.2) is 4.98 Å². The van der Waals surface area contributed by atoms with E-state index in [9.17, 15) is 4.79 Å². The molecule has 0 spiro atoms. The molecule has 5 heteroatoms. The first-order valence-electron chi connectivity index (χ1n) is 4.04. The van der Waals surface area contributed by atoms with E-state index in [-0.39, 0.29) is 6.42 Å². The Morgan fingerprint density at radius 1 is 1.79 bits per heavy atom. The van der Waals surface area contributed by atoms with Gasteiger partial charge in [0.05, 0.1) is 0 Å². The second kappa shape index (κ2) is 4.06. The van der Waals surface area contributed by atoms with Crippen LogP contribution in [0.1, 0.15) is 12.5 Å². The summed E-state index contributed by atoms with van der Waals surface area (Å²) in [6, 6.07) is 3.51. The lowest BCUT2D eigenvalue weighted by molar-refractivity contribution is -0.142. The molecule has 0 radical (unpaired) electrons. The highest BCUT2D eigenvalue weighted by atomic mass is 79.9. The van der Waals surface area contributed by atoms with Gasteiger partial charge in [0, 0.05) is 12.6 Å². The number of halogens is 1. The number of carboxylic acids is 1. The van der Waals surface area contributed by atoms with Crippen LogP contribution in [0.15, 0.2) is 22.9 Å². The molecule has 0 aliphatic heterocycles. The van der Waals surface area contributed by atoms with Crippen LogP contribution in [-0.4, -0.2) is 21.6 Å². The maximum atomic E-state index is 10.8. The Morgan fingerprint density at radius 3 is 2.93 bits per heavy atom. The molecule has 0 fully saturated rings. The molecule has 0 aliphatic rings. The molecule has 1 atom stereocenters. The van der Waals surface area contributed by atoms with Crippen molar-refractivity contribution in [2.45, 2.75) is 18.9 Å². The third-order valence-electron chi connectivity index (χ3n) is 1.85. The second-order valence-electron chi connectivity index (χ2n) is 3.39. The van der Waals surface area contributed by atoms with Crippen LogP contribution in [0.3, 0.4) is 0 Å². The highest BCUT2D eigenvalue weighted by Crippen LogP contribution is 2.14. The summed E-state index contributed by atoms with van der Waals surface area (Å²) in [6.07, 6.45) is 1.89. The molecule has 1 rings (SSSR count). The fourth-order valence-electron chi connectivity index (χ4n) is 1.05. The fourth-order valence-corrected chi connectivity index (χ4v) is 1.46. The van der Waals surface area contributed by atoms with E-state index < -0.39 is 11.5 Å². The molecule has 3 N–H and O–H groups in total. The molecule has 1 aromatic heterocycles. The molecule has 76 valence electrons. The Morgan fingerprint density at radius 2 is 2.43 bits per heavy atom. The highest BCUT2D eigenvalue weighted by molar-refractivity contribution is 9.10. The van der Waals surface area contributed by atoms with Gasteiger partial charge >= 0.3 is 5.97 Å². The van der Waals surface area contributed by atoms with Crippen LogP contribution in [0, 0.1) is 0 Å². The molecule has 0 bridgehead atoms. The molecule has 1 aromatic rings. The minimum atomic E-state index is -1.24. The van der Waals surface area contributed by atoms with Gasteiger partial charge in [0.2, 0.25) is 0 Å². The summed E-state index contributed by atoms with van der Waals surface area (Å²) < 4.78 is 0.677. The predicted octanol–water partition coefficient (Wildman–Crippen LogP) is 1.19. The van der Waals surface area contributed by atoms with Gasteiger partial charge in [-0.3, -0.25) is 4.79 Å². The summed E-state index contributed by atoms with van der Waals surface area (Å²) in [5.41, 5.74) is 5.22. The lowest BCUT2D eigenvalue weighted by Crippen LogP contribution is -2.46. The van der Waals surface area contributed by atoms with Crippen molar-refractivity contribution in [3.8, 4) is 0 Å². The van der Waals surface area contributed by atoms with Gasteiger partial charge in [-0.1, -0.05) is 0 Å². The lowest BCUT2D eigenvalue weighted by atomic mass is 9.95. The van der Waals surface area contributed by atoms with Crippen molar-refractivity contribution in [2.75, 3.05) is 0 Å². The zero-order chi connectivity index (χ0) is 10.8. The number of nitrogens with two attached hydrogens (primary N) is 1. The third kappa shape index (κ3) is 2.78.